The second kappa shape index (κ2) is 6.39. The van der Waals surface area contributed by atoms with Crippen LogP contribution >= 0.6 is 0 Å². The van der Waals surface area contributed by atoms with Gasteiger partial charge in [-0.2, -0.15) is 0 Å². The van der Waals surface area contributed by atoms with Crippen molar-refractivity contribution in [2.24, 2.45) is 5.92 Å². The Hall–Kier alpha value is -0.570. The molecule has 0 bridgehead atoms. The van der Waals surface area contributed by atoms with Crippen LogP contribution in [0.3, 0.4) is 0 Å². The SMILES string of the molecule is C[NH+]1CCCN(C(=O)CCC2CCCC2)CC1. The molecular formula is C14H27N2O+. The average Bonchev–Trinajstić information content (AvgIpc) is 2.74. The van der Waals surface area contributed by atoms with Crippen LogP contribution in [-0.4, -0.2) is 44.0 Å². The monoisotopic (exact) mass is 239 g/mol. The molecule has 0 spiro atoms. The first-order chi connectivity index (χ1) is 8.25. The lowest BCUT2D eigenvalue weighted by atomic mass is 10.0. The Bertz CT molecular complexity index is 249. The van der Waals surface area contributed by atoms with Crippen LogP contribution in [0.25, 0.3) is 0 Å². The number of hydrogen-bond donors (Lipinski definition) is 1. The Kier molecular flexibility index (Phi) is 4.84. The van der Waals surface area contributed by atoms with Crippen LogP contribution in [0.1, 0.15) is 44.9 Å². The fourth-order valence-corrected chi connectivity index (χ4v) is 3.17. The Balaban J connectivity index is 1.70. The van der Waals surface area contributed by atoms with Gasteiger partial charge in [-0.25, -0.2) is 0 Å². The first-order valence-electron chi connectivity index (χ1n) is 7.35. The number of carbonyl (C=O) groups excluding carboxylic acids is 1. The summed E-state index contributed by atoms with van der Waals surface area (Å²) in [7, 11) is 2.23. The van der Waals surface area contributed by atoms with E-state index in [1.165, 1.54) is 38.6 Å². The Morgan fingerprint density at radius 3 is 2.71 bits per heavy atom. The van der Waals surface area contributed by atoms with E-state index < -0.39 is 0 Å². The first kappa shape index (κ1) is 12.9. The summed E-state index contributed by atoms with van der Waals surface area (Å²) in [6, 6.07) is 0. The van der Waals surface area contributed by atoms with E-state index in [1.54, 1.807) is 4.90 Å². The van der Waals surface area contributed by atoms with E-state index in [1.807, 2.05) is 0 Å². The number of nitrogens with one attached hydrogen (secondary N) is 1. The summed E-state index contributed by atoms with van der Waals surface area (Å²) >= 11 is 0. The minimum absolute atomic E-state index is 0.409. The number of amides is 1. The fraction of sp³-hybridized carbons (Fsp3) is 0.929. The summed E-state index contributed by atoms with van der Waals surface area (Å²) in [5.41, 5.74) is 0. The molecule has 1 unspecified atom stereocenters. The van der Waals surface area contributed by atoms with Gasteiger partial charge in [-0.05, 0) is 12.3 Å². The number of quaternary nitrogens is 1. The van der Waals surface area contributed by atoms with E-state index in [4.69, 9.17) is 0 Å². The van der Waals surface area contributed by atoms with Crippen molar-refractivity contribution in [2.45, 2.75) is 44.9 Å². The highest BCUT2D eigenvalue weighted by atomic mass is 16.2. The zero-order chi connectivity index (χ0) is 12.1. The standard InChI is InChI=1S/C14H26N2O/c1-15-9-4-10-16(12-11-15)14(17)8-7-13-5-2-3-6-13/h13H,2-12H2,1H3/p+1. The van der Waals surface area contributed by atoms with Gasteiger partial charge >= 0.3 is 0 Å². The largest absolute Gasteiger partial charge is 0.337 e. The molecule has 1 amide bonds. The van der Waals surface area contributed by atoms with Gasteiger partial charge in [0.15, 0.2) is 0 Å². The van der Waals surface area contributed by atoms with Crippen molar-refractivity contribution in [2.75, 3.05) is 33.2 Å². The minimum atomic E-state index is 0.409. The molecule has 1 saturated carbocycles. The van der Waals surface area contributed by atoms with Gasteiger partial charge in [-0.3, -0.25) is 4.79 Å². The molecule has 0 aromatic heterocycles. The predicted octanol–water partition coefficient (Wildman–Crippen LogP) is 0.704. The summed E-state index contributed by atoms with van der Waals surface area (Å²) in [6.45, 7) is 4.29. The Morgan fingerprint density at radius 1 is 1.18 bits per heavy atom. The molecule has 0 aromatic rings. The van der Waals surface area contributed by atoms with Gasteiger partial charge in [0, 0.05) is 19.4 Å². The lowest BCUT2D eigenvalue weighted by Gasteiger charge is -2.20. The Labute approximate surface area is 105 Å². The number of carbonyl (C=O) groups is 1. The van der Waals surface area contributed by atoms with Crippen LogP contribution in [-0.2, 0) is 4.79 Å². The molecule has 3 nitrogen and oxygen atoms in total. The molecule has 2 fully saturated rings. The van der Waals surface area contributed by atoms with E-state index in [0.29, 0.717) is 5.91 Å². The number of likely N-dealkylation sites (N-methyl/N-ethyl adjacent to an activating group) is 1. The summed E-state index contributed by atoms with van der Waals surface area (Å²) in [6.07, 6.45) is 8.59. The van der Waals surface area contributed by atoms with Crippen molar-refractivity contribution in [3.05, 3.63) is 0 Å². The minimum Gasteiger partial charge on any atom is -0.337 e. The van der Waals surface area contributed by atoms with Crippen molar-refractivity contribution in [1.29, 1.82) is 0 Å². The van der Waals surface area contributed by atoms with Crippen molar-refractivity contribution in [1.82, 2.24) is 4.90 Å². The zero-order valence-corrected chi connectivity index (χ0v) is 11.2. The van der Waals surface area contributed by atoms with Gasteiger partial charge in [0.1, 0.15) is 0 Å². The first-order valence-corrected chi connectivity index (χ1v) is 7.35. The number of hydrogen-bond acceptors (Lipinski definition) is 1. The maximum Gasteiger partial charge on any atom is 0.222 e. The van der Waals surface area contributed by atoms with Gasteiger partial charge in [-0.15, -0.1) is 0 Å². The maximum absolute atomic E-state index is 12.1. The van der Waals surface area contributed by atoms with Crippen LogP contribution in [0.2, 0.25) is 0 Å². The third-order valence-electron chi connectivity index (χ3n) is 4.43. The van der Waals surface area contributed by atoms with Crippen LogP contribution in [0.4, 0.5) is 0 Å². The second-order valence-electron chi connectivity index (χ2n) is 5.88. The highest BCUT2D eigenvalue weighted by Gasteiger charge is 2.21. The van der Waals surface area contributed by atoms with E-state index in [2.05, 4.69) is 11.9 Å². The molecule has 1 aliphatic carbocycles. The smallest absolute Gasteiger partial charge is 0.222 e. The van der Waals surface area contributed by atoms with E-state index >= 15 is 0 Å². The molecule has 17 heavy (non-hydrogen) atoms. The third-order valence-corrected chi connectivity index (χ3v) is 4.43. The second-order valence-corrected chi connectivity index (χ2v) is 5.88. The highest BCUT2D eigenvalue weighted by Crippen LogP contribution is 2.28. The number of rotatable bonds is 3. The molecule has 1 aliphatic heterocycles. The van der Waals surface area contributed by atoms with Crippen molar-refractivity contribution >= 4 is 5.91 Å². The van der Waals surface area contributed by atoms with Gasteiger partial charge in [0.25, 0.3) is 0 Å². The summed E-state index contributed by atoms with van der Waals surface area (Å²) in [4.78, 5) is 15.8. The fourth-order valence-electron chi connectivity index (χ4n) is 3.17. The third kappa shape index (κ3) is 3.98. The van der Waals surface area contributed by atoms with Gasteiger partial charge < -0.3 is 9.80 Å². The normalized spacial score (nSPS) is 27.1. The summed E-state index contributed by atoms with van der Waals surface area (Å²) < 4.78 is 0. The number of nitrogens with zero attached hydrogens (tertiary/aromatic N) is 1. The molecule has 2 aliphatic rings. The molecule has 1 heterocycles. The molecule has 1 saturated heterocycles. The highest BCUT2D eigenvalue weighted by molar-refractivity contribution is 5.76. The van der Waals surface area contributed by atoms with E-state index in [0.717, 1.165) is 38.4 Å². The lowest BCUT2D eigenvalue weighted by molar-refractivity contribution is -0.877. The molecule has 1 atom stereocenters. The quantitative estimate of drug-likeness (QED) is 0.770. The van der Waals surface area contributed by atoms with E-state index in [9.17, 15) is 4.79 Å². The van der Waals surface area contributed by atoms with Gasteiger partial charge in [-0.1, -0.05) is 25.7 Å². The topological polar surface area (TPSA) is 24.8 Å². The predicted molar refractivity (Wildman–Crippen MR) is 69.0 cm³/mol. The Morgan fingerprint density at radius 2 is 1.94 bits per heavy atom. The van der Waals surface area contributed by atoms with Gasteiger partial charge in [0.2, 0.25) is 5.91 Å². The molecule has 0 radical (unpaired) electrons. The van der Waals surface area contributed by atoms with E-state index in [-0.39, 0.29) is 0 Å². The lowest BCUT2D eigenvalue weighted by Crippen LogP contribution is -3.09. The summed E-state index contributed by atoms with van der Waals surface area (Å²) in [5, 5.41) is 0. The van der Waals surface area contributed by atoms with Gasteiger partial charge in [0.05, 0.1) is 26.7 Å². The van der Waals surface area contributed by atoms with Crippen molar-refractivity contribution in [3.8, 4) is 0 Å². The maximum atomic E-state index is 12.1. The van der Waals surface area contributed by atoms with Crippen LogP contribution in [0.5, 0.6) is 0 Å². The molecular weight excluding hydrogens is 212 g/mol. The van der Waals surface area contributed by atoms with Crippen LogP contribution in [0.15, 0.2) is 0 Å². The molecule has 1 N–H and O–H groups in total. The van der Waals surface area contributed by atoms with Crippen molar-refractivity contribution in [3.63, 3.8) is 0 Å². The molecule has 0 aromatic carbocycles. The molecule has 98 valence electrons. The average molecular weight is 239 g/mol. The van der Waals surface area contributed by atoms with Crippen LogP contribution in [0, 0.1) is 5.92 Å². The molecule has 3 heteroatoms. The summed E-state index contributed by atoms with van der Waals surface area (Å²) in [5.74, 6) is 1.26. The zero-order valence-electron chi connectivity index (χ0n) is 11.2. The van der Waals surface area contributed by atoms with Crippen LogP contribution < -0.4 is 4.90 Å². The molecule has 2 rings (SSSR count). The van der Waals surface area contributed by atoms with Crippen molar-refractivity contribution < 1.29 is 9.69 Å².